The quantitative estimate of drug-likeness (QED) is 0.582. The van der Waals surface area contributed by atoms with Crippen molar-refractivity contribution in [3.63, 3.8) is 0 Å². The van der Waals surface area contributed by atoms with Crippen LogP contribution in [-0.2, 0) is 0 Å². The minimum atomic E-state index is 1.18. The molecule has 0 radical (unpaired) electrons. The molecule has 0 amide bonds. The summed E-state index contributed by atoms with van der Waals surface area (Å²) in [5.74, 6) is 0. The van der Waals surface area contributed by atoms with Crippen LogP contribution >= 0.6 is 22.6 Å². The molecule has 1 heterocycles. The molecule has 1 aromatic heterocycles. The Balaban J connectivity index is 3.02. The van der Waals surface area contributed by atoms with Gasteiger partial charge >= 0.3 is 0 Å². The van der Waals surface area contributed by atoms with Gasteiger partial charge in [-0.15, -0.1) is 0 Å². The minimum Gasteiger partial charge on any atom is -0.264 e. The van der Waals surface area contributed by atoms with Crippen molar-refractivity contribution in [1.29, 1.82) is 0 Å². The summed E-state index contributed by atoms with van der Waals surface area (Å²) >= 11 is 2.22. The van der Waals surface area contributed by atoms with Gasteiger partial charge in [0, 0.05) is 16.0 Å². The van der Waals surface area contributed by atoms with Crippen LogP contribution in [0.15, 0.2) is 24.5 Å². The predicted molar refractivity (Wildman–Crippen MR) is 37.0 cm³/mol. The van der Waals surface area contributed by atoms with Gasteiger partial charge < -0.3 is 0 Å². The summed E-state index contributed by atoms with van der Waals surface area (Å²) < 4.78 is 1.18. The number of aromatic nitrogens is 1. The van der Waals surface area contributed by atoms with Gasteiger partial charge in [0.2, 0.25) is 0 Å². The maximum Gasteiger partial charge on any atom is 0.0401 e. The van der Waals surface area contributed by atoms with Crippen molar-refractivity contribution in [2.75, 3.05) is 0 Å². The number of halogens is 1. The molecule has 0 N–H and O–H groups in total. The monoisotopic (exact) mass is 201 g/mol. The SMILES string of the molecule is [123I]c1cccnc1. The van der Waals surface area contributed by atoms with Crippen molar-refractivity contribution in [3.05, 3.63) is 28.1 Å². The molecule has 0 atom stereocenters. The number of rotatable bonds is 0. The molecule has 0 aliphatic rings. The van der Waals surface area contributed by atoms with E-state index in [1.165, 1.54) is 3.57 Å². The molecular weight excluding hydrogens is 197 g/mol. The Morgan fingerprint density at radius 2 is 2.43 bits per heavy atom. The van der Waals surface area contributed by atoms with Gasteiger partial charge in [0.15, 0.2) is 0 Å². The van der Waals surface area contributed by atoms with Crippen molar-refractivity contribution >= 4 is 22.6 Å². The molecule has 0 bridgehead atoms. The zero-order chi connectivity index (χ0) is 5.11. The summed E-state index contributed by atoms with van der Waals surface area (Å²) in [6.45, 7) is 0. The average molecular weight is 201 g/mol. The topological polar surface area (TPSA) is 12.9 Å². The molecule has 0 aliphatic heterocycles. The Kier molecular flexibility index (Phi) is 1.62. The van der Waals surface area contributed by atoms with Gasteiger partial charge in [-0.25, -0.2) is 0 Å². The van der Waals surface area contributed by atoms with Gasteiger partial charge in [-0.05, 0) is 34.7 Å². The van der Waals surface area contributed by atoms with Crippen molar-refractivity contribution in [2.45, 2.75) is 0 Å². The molecule has 0 spiro atoms. The fourth-order valence-electron chi connectivity index (χ4n) is 0.342. The van der Waals surface area contributed by atoms with Crippen LogP contribution < -0.4 is 0 Å². The van der Waals surface area contributed by atoms with E-state index in [0.717, 1.165) is 0 Å². The normalized spacial score (nSPS) is 8.71. The lowest BCUT2D eigenvalue weighted by Gasteiger charge is -1.80. The van der Waals surface area contributed by atoms with Crippen LogP contribution in [0.4, 0.5) is 0 Å². The maximum atomic E-state index is 3.88. The van der Waals surface area contributed by atoms with Gasteiger partial charge in [-0.2, -0.15) is 0 Å². The zero-order valence-electron chi connectivity index (χ0n) is 3.63. The van der Waals surface area contributed by atoms with Crippen LogP contribution in [0.2, 0.25) is 0 Å². The van der Waals surface area contributed by atoms with Gasteiger partial charge in [0.1, 0.15) is 0 Å². The summed E-state index contributed by atoms with van der Waals surface area (Å²) in [7, 11) is 0. The second-order valence-corrected chi connectivity index (χ2v) is 2.42. The number of hydrogen-bond donors (Lipinski definition) is 0. The summed E-state index contributed by atoms with van der Waals surface area (Å²) in [4.78, 5) is 3.88. The smallest absolute Gasteiger partial charge is 0.0401 e. The van der Waals surface area contributed by atoms with Gasteiger partial charge in [0.05, 0.1) is 0 Å². The third-order valence-corrected chi connectivity index (χ3v) is 1.26. The minimum absolute atomic E-state index is 1.18. The van der Waals surface area contributed by atoms with E-state index in [-0.39, 0.29) is 0 Å². The molecule has 0 fully saturated rings. The van der Waals surface area contributed by atoms with E-state index >= 15 is 0 Å². The highest BCUT2D eigenvalue weighted by Gasteiger charge is 1.75. The second-order valence-electron chi connectivity index (χ2n) is 1.17. The first-order valence-corrected chi connectivity index (χ1v) is 3.03. The van der Waals surface area contributed by atoms with Gasteiger partial charge in [-0.1, -0.05) is 0 Å². The Hall–Kier alpha value is -0.120. The first kappa shape index (κ1) is 5.03. The van der Waals surface area contributed by atoms with Gasteiger partial charge in [0.25, 0.3) is 0 Å². The Bertz CT molecular complexity index is 138. The van der Waals surface area contributed by atoms with Crippen LogP contribution in [0.1, 0.15) is 0 Å². The predicted octanol–water partition coefficient (Wildman–Crippen LogP) is 1.69. The van der Waals surface area contributed by atoms with E-state index in [1.807, 2.05) is 18.3 Å². The number of nitrogens with zero attached hydrogens (tertiary/aromatic N) is 1. The van der Waals surface area contributed by atoms with Crippen molar-refractivity contribution in [3.8, 4) is 0 Å². The highest BCUT2D eigenvalue weighted by molar-refractivity contribution is 14.1. The molecule has 0 saturated heterocycles. The van der Waals surface area contributed by atoms with Crippen LogP contribution in [0.25, 0.3) is 0 Å². The van der Waals surface area contributed by atoms with Crippen LogP contribution in [0, 0.1) is 3.57 Å². The fourth-order valence-corrected chi connectivity index (χ4v) is 0.710. The maximum absolute atomic E-state index is 3.88. The molecular formula is C5H4IN. The van der Waals surface area contributed by atoms with Gasteiger partial charge in [-0.3, -0.25) is 4.98 Å². The standard InChI is InChI=1S/C5H4IN/c6-5-2-1-3-7-4-5/h1-4H/i6-4. The van der Waals surface area contributed by atoms with E-state index < -0.39 is 0 Å². The molecule has 7 heavy (non-hydrogen) atoms. The summed E-state index contributed by atoms with van der Waals surface area (Å²) in [6.07, 6.45) is 3.59. The van der Waals surface area contributed by atoms with Crippen LogP contribution in [-0.4, -0.2) is 4.98 Å². The third-order valence-electron chi connectivity index (χ3n) is 0.625. The zero-order valence-corrected chi connectivity index (χ0v) is 5.79. The van der Waals surface area contributed by atoms with E-state index in [0.29, 0.717) is 0 Å². The van der Waals surface area contributed by atoms with Crippen molar-refractivity contribution < 1.29 is 0 Å². The van der Waals surface area contributed by atoms with Crippen LogP contribution in [0.5, 0.6) is 0 Å². The first-order valence-electron chi connectivity index (χ1n) is 1.95. The number of hydrogen-bond acceptors (Lipinski definition) is 1. The molecule has 0 unspecified atom stereocenters. The van der Waals surface area contributed by atoms with Crippen LogP contribution in [0.3, 0.4) is 0 Å². The van der Waals surface area contributed by atoms with E-state index in [9.17, 15) is 0 Å². The van der Waals surface area contributed by atoms with E-state index in [4.69, 9.17) is 0 Å². The average Bonchev–Trinajstić information content (AvgIpc) is 1.69. The molecule has 1 rings (SSSR count). The van der Waals surface area contributed by atoms with Crippen molar-refractivity contribution in [2.24, 2.45) is 0 Å². The molecule has 0 saturated carbocycles. The van der Waals surface area contributed by atoms with E-state index in [2.05, 4.69) is 27.6 Å². The highest BCUT2D eigenvalue weighted by atomic mass is 123. The summed E-state index contributed by atoms with van der Waals surface area (Å²) in [5.41, 5.74) is 0. The fraction of sp³-hybridized carbons (Fsp3) is 0. The molecule has 36 valence electrons. The second kappa shape index (κ2) is 2.26. The van der Waals surface area contributed by atoms with E-state index in [1.54, 1.807) is 6.20 Å². The lowest BCUT2D eigenvalue weighted by molar-refractivity contribution is 1.31. The molecule has 0 aliphatic carbocycles. The Morgan fingerprint density at radius 3 is 2.71 bits per heavy atom. The summed E-state index contributed by atoms with van der Waals surface area (Å²) in [6, 6.07) is 3.93. The molecule has 1 aromatic rings. The summed E-state index contributed by atoms with van der Waals surface area (Å²) in [5, 5.41) is 0. The molecule has 1 nitrogen and oxygen atoms in total. The number of pyridine rings is 1. The van der Waals surface area contributed by atoms with Crippen molar-refractivity contribution in [1.82, 2.24) is 4.98 Å². The lowest BCUT2D eigenvalue weighted by atomic mass is 10.5. The lowest BCUT2D eigenvalue weighted by Crippen LogP contribution is -1.68. The third kappa shape index (κ3) is 1.43. The molecule has 0 aromatic carbocycles. The largest absolute Gasteiger partial charge is 0.264 e. The Morgan fingerprint density at radius 1 is 1.57 bits per heavy atom. The Labute approximate surface area is 55.9 Å². The molecule has 2 heteroatoms. The first-order chi connectivity index (χ1) is 3.39. The highest BCUT2D eigenvalue weighted by Crippen LogP contribution is 1.97.